The predicted molar refractivity (Wildman–Crippen MR) is 49.6 cm³/mol. The molecule has 5 heteroatoms. The SMILES string of the molecule is CCCN(CCC)CC(F)(F)C(=O)O. The van der Waals surface area contributed by atoms with Gasteiger partial charge in [0.2, 0.25) is 0 Å². The van der Waals surface area contributed by atoms with E-state index in [-0.39, 0.29) is 0 Å². The van der Waals surface area contributed by atoms with E-state index in [1.807, 2.05) is 13.8 Å². The van der Waals surface area contributed by atoms with Crippen LogP contribution in [0, 0.1) is 0 Å². The zero-order valence-electron chi connectivity index (χ0n) is 8.59. The van der Waals surface area contributed by atoms with Gasteiger partial charge in [0, 0.05) is 0 Å². The molecule has 0 radical (unpaired) electrons. The molecule has 0 aliphatic carbocycles. The van der Waals surface area contributed by atoms with E-state index in [0.29, 0.717) is 13.1 Å². The van der Waals surface area contributed by atoms with Crippen LogP contribution in [0.1, 0.15) is 26.7 Å². The summed E-state index contributed by atoms with van der Waals surface area (Å²) in [4.78, 5) is 11.7. The molecule has 14 heavy (non-hydrogen) atoms. The van der Waals surface area contributed by atoms with Gasteiger partial charge in [-0.2, -0.15) is 8.78 Å². The number of carboxylic acids is 1. The molecule has 0 fully saturated rings. The minimum Gasteiger partial charge on any atom is -0.477 e. The summed E-state index contributed by atoms with van der Waals surface area (Å²) in [7, 11) is 0. The summed E-state index contributed by atoms with van der Waals surface area (Å²) >= 11 is 0. The van der Waals surface area contributed by atoms with Gasteiger partial charge in [-0.05, 0) is 25.9 Å². The number of halogens is 2. The Labute approximate surface area is 82.7 Å². The molecular weight excluding hydrogens is 192 g/mol. The molecule has 3 nitrogen and oxygen atoms in total. The molecule has 0 bridgehead atoms. The van der Waals surface area contributed by atoms with Crippen LogP contribution in [0.25, 0.3) is 0 Å². The lowest BCUT2D eigenvalue weighted by Crippen LogP contribution is -2.43. The predicted octanol–water partition coefficient (Wildman–Crippen LogP) is 1.83. The Kier molecular flexibility index (Phi) is 5.60. The van der Waals surface area contributed by atoms with E-state index < -0.39 is 18.4 Å². The first-order chi connectivity index (χ1) is 6.44. The topological polar surface area (TPSA) is 40.5 Å². The van der Waals surface area contributed by atoms with Gasteiger partial charge in [0.15, 0.2) is 0 Å². The van der Waals surface area contributed by atoms with Crippen LogP contribution in [-0.2, 0) is 4.79 Å². The number of hydrogen-bond donors (Lipinski definition) is 1. The summed E-state index contributed by atoms with van der Waals surface area (Å²) < 4.78 is 25.6. The third-order valence-corrected chi connectivity index (χ3v) is 1.81. The summed E-state index contributed by atoms with van der Waals surface area (Å²) in [6.07, 6.45) is 1.49. The van der Waals surface area contributed by atoms with E-state index in [2.05, 4.69) is 0 Å². The van der Waals surface area contributed by atoms with E-state index >= 15 is 0 Å². The van der Waals surface area contributed by atoms with Crippen LogP contribution in [-0.4, -0.2) is 41.5 Å². The highest BCUT2D eigenvalue weighted by Gasteiger charge is 2.40. The van der Waals surface area contributed by atoms with Crippen LogP contribution >= 0.6 is 0 Å². The first kappa shape index (κ1) is 13.3. The number of rotatable bonds is 7. The standard InChI is InChI=1S/C9H17F2NO2/c1-3-5-12(6-4-2)7-9(10,11)8(13)14/h3-7H2,1-2H3,(H,13,14). The second kappa shape index (κ2) is 5.90. The van der Waals surface area contributed by atoms with Crippen LogP contribution in [0.3, 0.4) is 0 Å². The third kappa shape index (κ3) is 4.50. The molecule has 0 spiro atoms. The van der Waals surface area contributed by atoms with Gasteiger partial charge < -0.3 is 5.11 Å². The minimum absolute atomic E-state index is 0.511. The van der Waals surface area contributed by atoms with Crippen molar-refractivity contribution in [2.45, 2.75) is 32.6 Å². The number of carboxylic acid groups (broad SMARTS) is 1. The Balaban J connectivity index is 4.19. The number of nitrogens with zero attached hydrogens (tertiary/aromatic N) is 1. The average molecular weight is 209 g/mol. The van der Waals surface area contributed by atoms with Crippen LogP contribution < -0.4 is 0 Å². The van der Waals surface area contributed by atoms with Gasteiger partial charge in [-0.15, -0.1) is 0 Å². The molecule has 0 aliphatic rings. The maximum absolute atomic E-state index is 12.8. The quantitative estimate of drug-likeness (QED) is 0.695. The van der Waals surface area contributed by atoms with Crippen molar-refractivity contribution in [1.29, 1.82) is 0 Å². The van der Waals surface area contributed by atoms with Crippen molar-refractivity contribution in [1.82, 2.24) is 4.90 Å². The maximum Gasteiger partial charge on any atom is 0.375 e. The lowest BCUT2D eigenvalue weighted by Gasteiger charge is -2.24. The fourth-order valence-corrected chi connectivity index (χ4v) is 1.25. The van der Waals surface area contributed by atoms with Gasteiger partial charge in [0.05, 0.1) is 6.54 Å². The fraction of sp³-hybridized carbons (Fsp3) is 0.889. The molecule has 0 atom stereocenters. The van der Waals surface area contributed by atoms with Crippen molar-refractivity contribution < 1.29 is 18.7 Å². The van der Waals surface area contributed by atoms with Crippen molar-refractivity contribution in [3.63, 3.8) is 0 Å². The molecule has 0 unspecified atom stereocenters. The monoisotopic (exact) mass is 209 g/mol. The minimum atomic E-state index is -3.63. The Bertz CT molecular complexity index is 180. The summed E-state index contributed by atoms with van der Waals surface area (Å²) in [5, 5.41) is 8.25. The largest absolute Gasteiger partial charge is 0.477 e. The Morgan fingerprint density at radius 2 is 1.71 bits per heavy atom. The van der Waals surface area contributed by atoms with Gasteiger partial charge in [0.1, 0.15) is 0 Å². The highest BCUT2D eigenvalue weighted by molar-refractivity contribution is 5.75. The molecule has 0 rings (SSSR count). The molecule has 0 aromatic heterocycles. The van der Waals surface area contributed by atoms with E-state index in [4.69, 9.17) is 5.11 Å². The molecule has 1 N–H and O–H groups in total. The first-order valence-corrected chi connectivity index (χ1v) is 4.77. The highest BCUT2D eigenvalue weighted by Crippen LogP contribution is 2.15. The highest BCUT2D eigenvalue weighted by atomic mass is 19.3. The molecule has 0 heterocycles. The van der Waals surface area contributed by atoms with Crippen molar-refractivity contribution in [3.8, 4) is 0 Å². The van der Waals surface area contributed by atoms with Crippen LogP contribution in [0.15, 0.2) is 0 Å². The van der Waals surface area contributed by atoms with Crippen LogP contribution in [0.4, 0.5) is 8.78 Å². The van der Waals surface area contributed by atoms with Gasteiger partial charge in [-0.25, -0.2) is 4.79 Å². The van der Waals surface area contributed by atoms with Crippen LogP contribution in [0.2, 0.25) is 0 Å². The lowest BCUT2D eigenvalue weighted by atomic mass is 10.2. The Hall–Kier alpha value is -0.710. The van der Waals surface area contributed by atoms with Crippen molar-refractivity contribution in [3.05, 3.63) is 0 Å². The number of alkyl halides is 2. The van der Waals surface area contributed by atoms with Gasteiger partial charge in [-0.1, -0.05) is 13.8 Å². The molecule has 0 aromatic carbocycles. The van der Waals surface area contributed by atoms with Gasteiger partial charge in [0.25, 0.3) is 0 Å². The number of aliphatic carboxylic acids is 1. The Morgan fingerprint density at radius 1 is 1.29 bits per heavy atom. The third-order valence-electron chi connectivity index (χ3n) is 1.81. The molecule has 0 amide bonds. The summed E-state index contributed by atoms with van der Waals surface area (Å²) in [5.41, 5.74) is 0. The molecule has 0 saturated heterocycles. The van der Waals surface area contributed by atoms with E-state index in [9.17, 15) is 13.6 Å². The first-order valence-electron chi connectivity index (χ1n) is 4.77. The van der Waals surface area contributed by atoms with Crippen molar-refractivity contribution >= 4 is 5.97 Å². The normalized spacial score (nSPS) is 12.1. The number of carbonyl (C=O) groups is 1. The molecule has 84 valence electrons. The van der Waals surface area contributed by atoms with E-state index in [1.54, 1.807) is 0 Å². The van der Waals surface area contributed by atoms with E-state index in [0.717, 1.165) is 12.8 Å². The number of hydrogen-bond acceptors (Lipinski definition) is 2. The zero-order chi connectivity index (χ0) is 11.2. The van der Waals surface area contributed by atoms with E-state index in [1.165, 1.54) is 4.90 Å². The molecule has 0 saturated carbocycles. The smallest absolute Gasteiger partial charge is 0.375 e. The second-order valence-corrected chi connectivity index (χ2v) is 3.29. The fourth-order valence-electron chi connectivity index (χ4n) is 1.25. The molecule has 0 aliphatic heterocycles. The summed E-state index contributed by atoms with van der Waals surface area (Å²) in [5.74, 6) is -5.68. The second-order valence-electron chi connectivity index (χ2n) is 3.29. The summed E-state index contributed by atoms with van der Waals surface area (Å²) in [6, 6.07) is 0. The average Bonchev–Trinajstić information content (AvgIpc) is 2.04. The zero-order valence-corrected chi connectivity index (χ0v) is 8.59. The lowest BCUT2D eigenvalue weighted by molar-refractivity contribution is -0.167. The van der Waals surface area contributed by atoms with Crippen LogP contribution in [0.5, 0.6) is 0 Å². The molecular formula is C9H17F2NO2. The maximum atomic E-state index is 12.8. The van der Waals surface area contributed by atoms with Gasteiger partial charge in [-0.3, -0.25) is 4.90 Å². The van der Waals surface area contributed by atoms with Crippen molar-refractivity contribution in [2.75, 3.05) is 19.6 Å². The Morgan fingerprint density at radius 3 is 2.00 bits per heavy atom. The molecule has 0 aromatic rings. The van der Waals surface area contributed by atoms with Gasteiger partial charge >= 0.3 is 11.9 Å². The van der Waals surface area contributed by atoms with Crippen molar-refractivity contribution in [2.24, 2.45) is 0 Å². The summed E-state index contributed by atoms with van der Waals surface area (Å²) in [6.45, 7) is 4.08.